The first kappa shape index (κ1) is 22.6. The molecule has 0 spiro atoms. The van der Waals surface area contributed by atoms with E-state index in [4.69, 9.17) is 0 Å². The highest BCUT2D eigenvalue weighted by Gasteiger charge is 2.41. The number of carbonyl (C=O) groups excluding carboxylic acids is 3. The van der Waals surface area contributed by atoms with Gasteiger partial charge < -0.3 is 10.6 Å². The molecule has 4 rings (SSSR count). The SMILES string of the molecule is C[C@]1(CSc2ccccc2C(=O)NCC(c2ccccc2)c2ccccc2)NC(=O)NC1=O. The molecular weight excluding hydrogens is 434 g/mol. The van der Waals surface area contributed by atoms with Gasteiger partial charge in [0, 0.05) is 23.1 Å². The zero-order chi connectivity index (χ0) is 23.3. The second-order valence-corrected chi connectivity index (χ2v) is 9.13. The Balaban J connectivity index is 1.48. The van der Waals surface area contributed by atoms with Crippen LogP contribution in [-0.2, 0) is 4.79 Å². The van der Waals surface area contributed by atoms with Gasteiger partial charge in [-0.25, -0.2) is 4.79 Å². The summed E-state index contributed by atoms with van der Waals surface area (Å²) in [5.74, 6) is -0.214. The first-order valence-corrected chi connectivity index (χ1v) is 11.7. The van der Waals surface area contributed by atoms with E-state index in [0.29, 0.717) is 17.9 Å². The van der Waals surface area contributed by atoms with Crippen molar-refractivity contribution in [2.75, 3.05) is 12.3 Å². The predicted molar refractivity (Wildman–Crippen MR) is 129 cm³/mol. The molecule has 1 saturated heterocycles. The highest BCUT2D eigenvalue weighted by molar-refractivity contribution is 7.99. The van der Waals surface area contributed by atoms with Crippen molar-refractivity contribution in [3.63, 3.8) is 0 Å². The zero-order valence-electron chi connectivity index (χ0n) is 18.2. The van der Waals surface area contributed by atoms with Crippen LogP contribution in [0.2, 0.25) is 0 Å². The average molecular weight is 460 g/mol. The molecule has 3 N–H and O–H groups in total. The predicted octanol–water partition coefficient (Wildman–Crippen LogP) is 3.94. The summed E-state index contributed by atoms with van der Waals surface area (Å²) >= 11 is 1.37. The lowest BCUT2D eigenvalue weighted by molar-refractivity contribution is -0.122. The Labute approximate surface area is 197 Å². The molecule has 1 aliphatic rings. The maximum Gasteiger partial charge on any atom is 0.322 e. The van der Waals surface area contributed by atoms with Crippen molar-refractivity contribution in [1.82, 2.24) is 16.0 Å². The van der Waals surface area contributed by atoms with Crippen LogP contribution in [0, 0.1) is 0 Å². The van der Waals surface area contributed by atoms with Crippen LogP contribution in [-0.4, -0.2) is 35.7 Å². The van der Waals surface area contributed by atoms with Crippen LogP contribution >= 0.6 is 11.8 Å². The molecule has 1 fully saturated rings. The van der Waals surface area contributed by atoms with Gasteiger partial charge in [-0.3, -0.25) is 14.9 Å². The monoisotopic (exact) mass is 459 g/mol. The molecule has 3 aromatic carbocycles. The Hall–Kier alpha value is -3.58. The van der Waals surface area contributed by atoms with E-state index in [-0.39, 0.29) is 17.7 Å². The van der Waals surface area contributed by atoms with Crippen LogP contribution in [0.15, 0.2) is 89.8 Å². The number of carbonyl (C=O) groups is 3. The van der Waals surface area contributed by atoms with Crippen molar-refractivity contribution >= 4 is 29.6 Å². The van der Waals surface area contributed by atoms with Gasteiger partial charge in [-0.15, -0.1) is 11.8 Å². The summed E-state index contributed by atoms with van der Waals surface area (Å²) in [6, 6.07) is 27.0. The van der Waals surface area contributed by atoms with Gasteiger partial charge in [-0.1, -0.05) is 72.8 Å². The third kappa shape index (κ3) is 5.26. The topological polar surface area (TPSA) is 87.3 Å². The molecule has 3 aromatic rings. The standard InChI is InChI=1S/C26H25N3O3S/c1-26(24(31)28-25(32)29-26)17-33-22-15-9-8-14-20(22)23(30)27-16-21(18-10-4-2-5-11-18)19-12-6-3-7-13-19/h2-15,21H,16-17H2,1H3,(H,27,30)(H2,28,29,31,32)/t26-/m1/s1. The Bertz CT molecular complexity index is 1110. The number of urea groups is 1. The second kappa shape index (κ2) is 9.92. The number of thioether (sulfide) groups is 1. The molecule has 0 bridgehead atoms. The summed E-state index contributed by atoms with van der Waals surface area (Å²) in [6.07, 6.45) is 0. The summed E-state index contributed by atoms with van der Waals surface area (Å²) in [7, 11) is 0. The average Bonchev–Trinajstić information content (AvgIpc) is 3.10. The van der Waals surface area contributed by atoms with E-state index in [1.807, 2.05) is 54.6 Å². The maximum absolute atomic E-state index is 13.2. The second-order valence-electron chi connectivity index (χ2n) is 8.11. The van der Waals surface area contributed by atoms with Crippen LogP contribution in [0.3, 0.4) is 0 Å². The smallest absolute Gasteiger partial charge is 0.322 e. The number of hydrogen-bond acceptors (Lipinski definition) is 4. The fraction of sp³-hybridized carbons (Fsp3) is 0.192. The largest absolute Gasteiger partial charge is 0.351 e. The molecule has 0 saturated carbocycles. The van der Waals surface area contributed by atoms with Crippen LogP contribution in [0.5, 0.6) is 0 Å². The molecule has 6 nitrogen and oxygen atoms in total. The Morgan fingerprint density at radius 3 is 2.06 bits per heavy atom. The van der Waals surface area contributed by atoms with Gasteiger partial charge in [0.1, 0.15) is 5.54 Å². The van der Waals surface area contributed by atoms with Crippen LogP contribution < -0.4 is 16.0 Å². The van der Waals surface area contributed by atoms with Crippen molar-refractivity contribution in [2.24, 2.45) is 0 Å². The molecule has 0 aliphatic carbocycles. The number of rotatable bonds is 8. The normalized spacial score (nSPS) is 17.5. The number of amides is 4. The first-order chi connectivity index (χ1) is 16.0. The quantitative estimate of drug-likeness (QED) is 0.352. The molecule has 7 heteroatoms. The highest BCUT2D eigenvalue weighted by atomic mass is 32.2. The molecule has 1 heterocycles. The lowest BCUT2D eigenvalue weighted by Gasteiger charge is -2.21. The maximum atomic E-state index is 13.2. The van der Waals surface area contributed by atoms with Gasteiger partial charge in [0.25, 0.3) is 11.8 Å². The molecule has 33 heavy (non-hydrogen) atoms. The molecule has 1 aliphatic heterocycles. The molecule has 4 amide bonds. The van der Waals surface area contributed by atoms with Crippen molar-refractivity contribution < 1.29 is 14.4 Å². The van der Waals surface area contributed by atoms with Crippen molar-refractivity contribution in [3.8, 4) is 0 Å². The van der Waals surface area contributed by atoms with Gasteiger partial charge in [0.2, 0.25) is 0 Å². The van der Waals surface area contributed by atoms with Gasteiger partial charge in [0.15, 0.2) is 0 Å². The van der Waals surface area contributed by atoms with Crippen LogP contribution in [0.25, 0.3) is 0 Å². The summed E-state index contributed by atoms with van der Waals surface area (Å²) in [6.45, 7) is 2.12. The number of benzene rings is 3. The molecule has 0 unspecified atom stereocenters. The summed E-state index contributed by atoms with van der Waals surface area (Å²) < 4.78 is 0. The van der Waals surface area contributed by atoms with Gasteiger partial charge >= 0.3 is 6.03 Å². The number of hydrogen-bond donors (Lipinski definition) is 3. The third-order valence-corrected chi connectivity index (χ3v) is 7.02. The first-order valence-electron chi connectivity index (χ1n) is 10.7. The fourth-order valence-electron chi connectivity index (χ4n) is 3.77. The minimum Gasteiger partial charge on any atom is -0.351 e. The summed E-state index contributed by atoms with van der Waals surface area (Å²) in [4.78, 5) is 37.5. The molecule has 168 valence electrons. The van der Waals surface area contributed by atoms with Crippen LogP contribution in [0.1, 0.15) is 34.3 Å². The van der Waals surface area contributed by atoms with Gasteiger partial charge in [-0.05, 0) is 30.2 Å². The van der Waals surface area contributed by atoms with Gasteiger partial charge in [0.05, 0.1) is 5.56 Å². The Kier molecular flexibility index (Phi) is 6.79. The molecule has 1 atom stereocenters. The lowest BCUT2D eigenvalue weighted by atomic mass is 9.91. The van der Waals surface area contributed by atoms with Crippen molar-refractivity contribution in [1.29, 1.82) is 0 Å². The summed E-state index contributed by atoms with van der Waals surface area (Å²) in [5, 5.41) is 8.01. The van der Waals surface area contributed by atoms with Gasteiger partial charge in [-0.2, -0.15) is 0 Å². The Morgan fingerprint density at radius 1 is 0.909 bits per heavy atom. The van der Waals surface area contributed by atoms with Crippen LogP contribution in [0.4, 0.5) is 4.79 Å². The summed E-state index contributed by atoms with van der Waals surface area (Å²) in [5.41, 5.74) is 1.78. The van der Waals surface area contributed by atoms with E-state index < -0.39 is 11.6 Å². The van der Waals surface area contributed by atoms with E-state index in [0.717, 1.165) is 16.0 Å². The molecule has 0 radical (unpaired) electrons. The number of nitrogens with one attached hydrogen (secondary N) is 3. The Morgan fingerprint density at radius 2 is 1.48 bits per heavy atom. The van der Waals surface area contributed by atoms with E-state index in [2.05, 4.69) is 40.2 Å². The minimum atomic E-state index is -1.02. The lowest BCUT2D eigenvalue weighted by Crippen LogP contribution is -2.46. The van der Waals surface area contributed by atoms with E-state index in [9.17, 15) is 14.4 Å². The van der Waals surface area contributed by atoms with E-state index in [1.54, 1.807) is 13.0 Å². The van der Waals surface area contributed by atoms with E-state index in [1.165, 1.54) is 11.8 Å². The van der Waals surface area contributed by atoms with Crippen molar-refractivity contribution in [3.05, 3.63) is 102 Å². The fourth-order valence-corrected chi connectivity index (χ4v) is 4.91. The number of imide groups is 1. The van der Waals surface area contributed by atoms with E-state index >= 15 is 0 Å². The molecular formula is C26H25N3O3S. The zero-order valence-corrected chi connectivity index (χ0v) is 19.0. The minimum absolute atomic E-state index is 0.0208. The van der Waals surface area contributed by atoms with Crippen molar-refractivity contribution in [2.45, 2.75) is 23.3 Å². The molecule has 0 aromatic heterocycles. The third-order valence-electron chi connectivity index (χ3n) is 5.64. The highest BCUT2D eigenvalue weighted by Crippen LogP contribution is 2.28.